The fraction of sp³-hybridized carbons (Fsp3) is 0.800. The quantitative estimate of drug-likeness (QED) is 0.908. The van der Waals surface area contributed by atoms with Gasteiger partial charge in [-0.3, -0.25) is 4.90 Å². The van der Waals surface area contributed by atoms with E-state index in [1.807, 2.05) is 6.07 Å². The molecule has 3 nitrogen and oxygen atoms in total. The minimum Gasteiger partial charge on any atom is -0.468 e. The Morgan fingerprint density at radius 3 is 2.57 bits per heavy atom. The molecule has 1 aliphatic heterocycles. The summed E-state index contributed by atoms with van der Waals surface area (Å²) in [6.07, 6.45) is 8.59. The number of nitrogens with zero attached hydrogens (tertiary/aromatic N) is 1. The molecular weight excluding hydrogens is 284 g/mol. The van der Waals surface area contributed by atoms with Gasteiger partial charge in [-0.15, -0.1) is 0 Å². The van der Waals surface area contributed by atoms with Gasteiger partial charge in [0.2, 0.25) is 0 Å². The normalized spacial score (nSPS) is 37.5. The van der Waals surface area contributed by atoms with Crippen LogP contribution in [-0.4, -0.2) is 30.1 Å². The smallest absolute Gasteiger partial charge is 0.117 e. The number of likely N-dealkylation sites (tertiary alicyclic amines) is 1. The number of fused-ring (bicyclic) bond motifs is 2. The maximum atomic E-state index is 5.48. The summed E-state index contributed by atoms with van der Waals surface area (Å²) in [6.45, 7) is 10.9. The van der Waals surface area contributed by atoms with Crippen LogP contribution >= 0.6 is 0 Å². The van der Waals surface area contributed by atoms with Gasteiger partial charge in [0.25, 0.3) is 0 Å². The van der Waals surface area contributed by atoms with Crippen molar-refractivity contribution >= 4 is 0 Å². The molecule has 1 saturated heterocycles. The predicted octanol–water partition coefficient (Wildman–Crippen LogP) is 4.05. The molecule has 4 rings (SSSR count). The third-order valence-electron chi connectivity index (χ3n) is 7.78. The molecular formula is C20H32N2O. The van der Waals surface area contributed by atoms with Crippen LogP contribution in [0.2, 0.25) is 0 Å². The highest BCUT2D eigenvalue weighted by molar-refractivity contribution is 5.13. The third-order valence-corrected chi connectivity index (χ3v) is 7.78. The molecule has 2 bridgehead atoms. The third kappa shape index (κ3) is 2.56. The molecule has 128 valence electrons. The van der Waals surface area contributed by atoms with Crippen LogP contribution in [0.4, 0.5) is 0 Å². The van der Waals surface area contributed by atoms with Crippen LogP contribution < -0.4 is 5.32 Å². The van der Waals surface area contributed by atoms with Gasteiger partial charge in [-0.1, -0.05) is 20.8 Å². The van der Waals surface area contributed by atoms with Gasteiger partial charge in [0.05, 0.1) is 12.8 Å². The van der Waals surface area contributed by atoms with Crippen molar-refractivity contribution in [3.63, 3.8) is 0 Å². The molecule has 0 radical (unpaired) electrons. The number of nitrogens with one attached hydrogen (secondary N) is 1. The summed E-state index contributed by atoms with van der Waals surface area (Å²) >= 11 is 0. The fourth-order valence-corrected chi connectivity index (χ4v) is 5.62. The van der Waals surface area contributed by atoms with Gasteiger partial charge in [0, 0.05) is 25.2 Å². The topological polar surface area (TPSA) is 28.4 Å². The van der Waals surface area contributed by atoms with Gasteiger partial charge >= 0.3 is 0 Å². The van der Waals surface area contributed by atoms with Crippen LogP contribution in [0.25, 0.3) is 0 Å². The van der Waals surface area contributed by atoms with Gasteiger partial charge < -0.3 is 9.73 Å². The number of hydrogen-bond acceptors (Lipinski definition) is 3. The summed E-state index contributed by atoms with van der Waals surface area (Å²) in [5.41, 5.74) is 1.02. The van der Waals surface area contributed by atoms with E-state index in [9.17, 15) is 0 Å². The van der Waals surface area contributed by atoms with Crippen LogP contribution in [0.5, 0.6) is 0 Å². The lowest BCUT2D eigenvalue weighted by atomic mass is 9.69. The van der Waals surface area contributed by atoms with E-state index >= 15 is 0 Å². The summed E-state index contributed by atoms with van der Waals surface area (Å²) in [6, 6.07) is 5.52. The Balaban J connectivity index is 1.30. The first kappa shape index (κ1) is 15.7. The van der Waals surface area contributed by atoms with Crippen molar-refractivity contribution in [2.75, 3.05) is 13.1 Å². The van der Waals surface area contributed by atoms with Crippen molar-refractivity contribution in [1.82, 2.24) is 10.2 Å². The second-order valence-electron chi connectivity index (χ2n) is 8.96. The SMILES string of the molecule is CC1(C)[C@@H]2CC[C@@]1(C)[C@H](NC1CCN(Cc3ccco3)CC1)C2. The van der Waals surface area contributed by atoms with E-state index in [2.05, 4.69) is 37.1 Å². The zero-order chi connectivity index (χ0) is 16.1. The van der Waals surface area contributed by atoms with Gasteiger partial charge in [0.1, 0.15) is 5.76 Å². The first-order valence-electron chi connectivity index (χ1n) is 9.50. The number of hydrogen-bond donors (Lipinski definition) is 1. The minimum absolute atomic E-state index is 0.503. The average Bonchev–Trinajstić information content (AvgIpc) is 3.15. The van der Waals surface area contributed by atoms with E-state index in [1.165, 1.54) is 45.2 Å². The Morgan fingerprint density at radius 2 is 2.00 bits per heavy atom. The van der Waals surface area contributed by atoms with Crippen molar-refractivity contribution < 1.29 is 4.42 Å². The summed E-state index contributed by atoms with van der Waals surface area (Å²) in [5.74, 6) is 2.03. The zero-order valence-corrected chi connectivity index (χ0v) is 15.0. The van der Waals surface area contributed by atoms with Crippen LogP contribution in [-0.2, 0) is 6.54 Å². The van der Waals surface area contributed by atoms with Crippen LogP contribution in [0, 0.1) is 16.7 Å². The second kappa shape index (κ2) is 5.63. The van der Waals surface area contributed by atoms with E-state index in [0.29, 0.717) is 16.9 Å². The molecule has 0 unspecified atom stereocenters. The summed E-state index contributed by atoms with van der Waals surface area (Å²) in [5, 5.41) is 4.07. The first-order chi connectivity index (χ1) is 11.0. The molecule has 1 aromatic rings. The predicted molar refractivity (Wildman–Crippen MR) is 93.2 cm³/mol. The molecule has 3 aliphatic rings. The van der Waals surface area contributed by atoms with Crippen LogP contribution in [0.15, 0.2) is 22.8 Å². The van der Waals surface area contributed by atoms with Crippen molar-refractivity contribution in [2.45, 2.75) is 71.5 Å². The zero-order valence-electron chi connectivity index (χ0n) is 15.0. The van der Waals surface area contributed by atoms with Gasteiger partial charge in [0.15, 0.2) is 0 Å². The van der Waals surface area contributed by atoms with E-state index in [-0.39, 0.29) is 0 Å². The molecule has 23 heavy (non-hydrogen) atoms. The molecule has 3 atom stereocenters. The Hall–Kier alpha value is -0.800. The molecule has 2 saturated carbocycles. The minimum atomic E-state index is 0.503. The monoisotopic (exact) mass is 316 g/mol. The highest BCUT2D eigenvalue weighted by Gasteiger charge is 2.61. The highest BCUT2D eigenvalue weighted by Crippen LogP contribution is 2.65. The molecule has 2 aliphatic carbocycles. The second-order valence-corrected chi connectivity index (χ2v) is 8.96. The molecule has 0 spiro atoms. The van der Waals surface area contributed by atoms with Crippen molar-refractivity contribution in [1.29, 1.82) is 0 Å². The van der Waals surface area contributed by atoms with E-state index in [0.717, 1.165) is 24.3 Å². The standard InChI is InChI=1S/C20H32N2O/c1-19(2)15-6-9-20(19,3)18(13-15)21-16-7-10-22(11-8-16)14-17-5-4-12-23-17/h4-5,12,15-16,18,21H,6-11,13-14H2,1-3H3/t15-,18-,20+/m1/s1. The molecule has 3 heteroatoms. The number of piperidine rings is 1. The number of furan rings is 1. The van der Waals surface area contributed by atoms with Crippen molar-refractivity contribution in [2.24, 2.45) is 16.7 Å². The van der Waals surface area contributed by atoms with E-state index in [4.69, 9.17) is 4.42 Å². The lowest BCUT2D eigenvalue weighted by Gasteiger charge is -2.42. The fourth-order valence-electron chi connectivity index (χ4n) is 5.62. The van der Waals surface area contributed by atoms with Gasteiger partial charge in [-0.25, -0.2) is 0 Å². The molecule has 0 amide bonds. The summed E-state index contributed by atoms with van der Waals surface area (Å²) in [7, 11) is 0. The van der Waals surface area contributed by atoms with Gasteiger partial charge in [-0.05, 0) is 61.0 Å². The molecule has 2 heterocycles. The largest absolute Gasteiger partial charge is 0.468 e. The van der Waals surface area contributed by atoms with Crippen molar-refractivity contribution in [3.8, 4) is 0 Å². The Kier molecular flexibility index (Phi) is 3.85. The Bertz CT molecular complexity index is 530. The lowest BCUT2D eigenvalue weighted by molar-refractivity contribution is 0.102. The molecule has 1 N–H and O–H groups in total. The number of rotatable bonds is 4. The van der Waals surface area contributed by atoms with Crippen LogP contribution in [0.1, 0.15) is 58.6 Å². The van der Waals surface area contributed by atoms with E-state index < -0.39 is 0 Å². The van der Waals surface area contributed by atoms with Crippen LogP contribution in [0.3, 0.4) is 0 Å². The maximum Gasteiger partial charge on any atom is 0.117 e. The Morgan fingerprint density at radius 1 is 1.22 bits per heavy atom. The van der Waals surface area contributed by atoms with E-state index in [1.54, 1.807) is 6.26 Å². The summed E-state index contributed by atoms with van der Waals surface area (Å²) < 4.78 is 5.48. The highest BCUT2D eigenvalue weighted by atomic mass is 16.3. The lowest BCUT2D eigenvalue weighted by Crippen LogP contribution is -2.51. The van der Waals surface area contributed by atoms with Crippen molar-refractivity contribution in [3.05, 3.63) is 24.2 Å². The molecule has 3 fully saturated rings. The summed E-state index contributed by atoms with van der Waals surface area (Å²) in [4.78, 5) is 2.53. The van der Waals surface area contributed by atoms with Gasteiger partial charge in [-0.2, -0.15) is 0 Å². The molecule has 0 aromatic carbocycles. The Labute approximate surface area is 140 Å². The first-order valence-corrected chi connectivity index (χ1v) is 9.50. The molecule has 1 aromatic heterocycles. The average molecular weight is 316 g/mol. The maximum absolute atomic E-state index is 5.48.